The molecule has 4 heteroatoms. The zero-order valence-corrected chi connectivity index (χ0v) is 5.91. The van der Waals surface area contributed by atoms with E-state index in [1.807, 2.05) is 0 Å². The van der Waals surface area contributed by atoms with E-state index in [0.29, 0.717) is 19.6 Å². The predicted molar refractivity (Wildman–Crippen MR) is 35.7 cm³/mol. The minimum atomic E-state index is -0.496. The van der Waals surface area contributed by atoms with E-state index in [-0.39, 0.29) is 0 Å². The van der Waals surface area contributed by atoms with Crippen LogP contribution >= 0.6 is 0 Å². The summed E-state index contributed by atoms with van der Waals surface area (Å²) in [7, 11) is 0. The van der Waals surface area contributed by atoms with Crippen LogP contribution in [0.3, 0.4) is 0 Å². The number of hydrogen-bond acceptors (Lipinski definition) is 4. The van der Waals surface area contributed by atoms with E-state index in [2.05, 4.69) is 9.47 Å². The lowest BCUT2D eigenvalue weighted by molar-refractivity contribution is -0.138. The molecular weight excluding hydrogens is 148 g/mol. The molecule has 1 aliphatic rings. The van der Waals surface area contributed by atoms with Crippen molar-refractivity contribution < 1.29 is 19.1 Å². The maximum absolute atomic E-state index is 10.6. The lowest BCUT2D eigenvalue weighted by Gasteiger charge is -1.99. The molecule has 1 aliphatic heterocycles. The first-order valence-corrected chi connectivity index (χ1v) is 3.30. The molecule has 0 amide bonds. The van der Waals surface area contributed by atoms with Crippen molar-refractivity contribution in [1.29, 1.82) is 0 Å². The molecular formula is C7H8O4. The van der Waals surface area contributed by atoms with Gasteiger partial charge in [-0.1, -0.05) is 0 Å². The Kier molecular flexibility index (Phi) is 2.66. The van der Waals surface area contributed by atoms with Crippen molar-refractivity contribution in [3.05, 3.63) is 12.2 Å². The molecule has 1 rings (SSSR count). The van der Waals surface area contributed by atoms with Gasteiger partial charge in [-0.15, -0.1) is 0 Å². The summed E-state index contributed by atoms with van der Waals surface area (Å²) in [6, 6.07) is 0. The van der Waals surface area contributed by atoms with Crippen LogP contribution in [0.1, 0.15) is 6.42 Å². The summed E-state index contributed by atoms with van der Waals surface area (Å²) in [5.74, 6) is -0.993. The van der Waals surface area contributed by atoms with Gasteiger partial charge in [-0.05, 0) is 0 Å². The van der Waals surface area contributed by atoms with Crippen LogP contribution in [0.25, 0.3) is 0 Å². The van der Waals surface area contributed by atoms with Gasteiger partial charge in [-0.2, -0.15) is 0 Å². The average Bonchev–Trinajstić information content (AvgIpc) is 2.06. The SMILES string of the molecule is O=C1/C=C/C(=O)OCCCO1. The molecule has 0 aromatic rings. The molecule has 1 heterocycles. The van der Waals surface area contributed by atoms with E-state index in [1.54, 1.807) is 0 Å². The lowest BCUT2D eigenvalue weighted by atomic mass is 10.5. The highest BCUT2D eigenvalue weighted by Gasteiger charge is 2.03. The van der Waals surface area contributed by atoms with E-state index in [0.717, 1.165) is 12.2 Å². The number of rotatable bonds is 0. The number of carbonyl (C=O) groups excluding carboxylic acids is 2. The zero-order valence-electron chi connectivity index (χ0n) is 5.91. The van der Waals surface area contributed by atoms with E-state index in [1.165, 1.54) is 0 Å². The second-order valence-electron chi connectivity index (χ2n) is 2.02. The van der Waals surface area contributed by atoms with Gasteiger partial charge >= 0.3 is 11.9 Å². The molecule has 0 bridgehead atoms. The Bertz CT molecular complexity index is 175. The number of ether oxygens (including phenoxy) is 2. The van der Waals surface area contributed by atoms with Gasteiger partial charge in [0.15, 0.2) is 0 Å². The van der Waals surface area contributed by atoms with Gasteiger partial charge in [0, 0.05) is 18.6 Å². The van der Waals surface area contributed by atoms with Crippen LogP contribution < -0.4 is 0 Å². The topological polar surface area (TPSA) is 52.6 Å². The molecule has 0 fully saturated rings. The molecule has 0 aromatic heterocycles. The molecule has 11 heavy (non-hydrogen) atoms. The third-order valence-electron chi connectivity index (χ3n) is 1.13. The summed E-state index contributed by atoms with van der Waals surface area (Å²) in [6.45, 7) is 0.604. The van der Waals surface area contributed by atoms with Crippen LogP contribution in [0.4, 0.5) is 0 Å². The summed E-state index contributed by atoms with van der Waals surface area (Å²) >= 11 is 0. The summed E-state index contributed by atoms with van der Waals surface area (Å²) in [6.07, 6.45) is 2.68. The maximum Gasteiger partial charge on any atom is 0.331 e. The fraction of sp³-hybridized carbons (Fsp3) is 0.429. The molecule has 0 aliphatic carbocycles. The highest BCUT2D eigenvalue weighted by Crippen LogP contribution is 1.93. The van der Waals surface area contributed by atoms with Crippen molar-refractivity contribution in [2.45, 2.75) is 6.42 Å². The fourth-order valence-electron chi connectivity index (χ4n) is 0.637. The second-order valence-corrected chi connectivity index (χ2v) is 2.02. The third kappa shape index (κ3) is 2.84. The van der Waals surface area contributed by atoms with Crippen molar-refractivity contribution in [1.82, 2.24) is 0 Å². The minimum absolute atomic E-state index is 0.302. The molecule has 0 N–H and O–H groups in total. The Hall–Kier alpha value is -1.32. The molecule has 0 saturated carbocycles. The number of hydrogen-bond donors (Lipinski definition) is 0. The van der Waals surface area contributed by atoms with Crippen LogP contribution in [0, 0.1) is 0 Å². The summed E-state index contributed by atoms with van der Waals surface area (Å²) in [5.41, 5.74) is 0. The molecule has 4 nitrogen and oxygen atoms in total. The standard InChI is InChI=1S/C7H8O4/c8-6-2-3-7(9)11-5-1-4-10-6/h2-3H,1,4-5H2/b3-2+. The van der Waals surface area contributed by atoms with Crippen molar-refractivity contribution in [3.63, 3.8) is 0 Å². The Labute approximate surface area is 63.8 Å². The van der Waals surface area contributed by atoms with Crippen LogP contribution in [0.2, 0.25) is 0 Å². The molecule has 60 valence electrons. The van der Waals surface area contributed by atoms with Crippen LogP contribution in [-0.4, -0.2) is 25.2 Å². The van der Waals surface area contributed by atoms with Gasteiger partial charge in [-0.3, -0.25) is 0 Å². The van der Waals surface area contributed by atoms with Crippen LogP contribution in [-0.2, 0) is 19.1 Å². The lowest BCUT2D eigenvalue weighted by Crippen LogP contribution is -2.03. The largest absolute Gasteiger partial charge is 0.462 e. The molecule has 0 spiro atoms. The van der Waals surface area contributed by atoms with Crippen molar-refractivity contribution in [2.24, 2.45) is 0 Å². The Morgan fingerprint density at radius 3 is 1.91 bits per heavy atom. The van der Waals surface area contributed by atoms with E-state index >= 15 is 0 Å². The van der Waals surface area contributed by atoms with Crippen molar-refractivity contribution in [2.75, 3.05) is 13.2 Å². The molecule has 0 aromatic carbocycles. The van der Waals surface area contributed by atoms with E-state index < -0.39 is 11.9 Å². The minimum Gasteiger partial charge on any atom is -0.462 e. The Morgan fingerprint density at radius 1 is 1.00 bits per heavy atom. The number of carbonyl (C=O) groups is 2. The zero-order chi connectivity index (χ0) is 8.10. The highest BCUT2D eigenvalue weighted by molar-refractivity contribution is 5.91. The maximum atomic E-state index is 10.6. The van der Waals surface area contributed by atoms with Gasteiger partial charge in [0.1, 0.15) is 0 Å². The normalized spacial score (nSPS) is 22.2. The van der Waals surface area contributed by atoms with Gasteiger partial charge in [0.2, 0.25) is 0 Å². The average molecular weight is 156 g/mol. The van der Waals surface area contributed by atoms with Crippen molar-refractivity contribution >= 4 is 11.9 Å². The third-order valence-corrected chi connectivity index (χ3v) is 1.13. The smallest absolute Gasteiger partial charge is 0.331 e. The first kappa shape index (κ1) is 7.78. The first-order chi connectivity index (χ1) is 5.29. The monoisotopic (exact) mass is 156 g/mol. The van der Waals surface area contributed by atoms with Gasteiger partial charge in [0.05, 0.1) is 13.2 Å². The fourth-order valence-corrected chi connectivity index (χ4v) is 0.637. The number of cyclic esters (lactones) is 2. The number of esters is 2. The molecule has 0 atom stereocenters. The predicted octanol–water partition coefficient (Wildman–Crippen LogP) is 0.0327. The van der Waals surface area contributed by atoms with Crippen molar-refractivity contribution in [3.8, 4) is 0 Å². The second kappa shape index (κ2) is 3.75. The Balaban J connectivity index is 2.53. The van der Waals surface area contributed by atoms with Crippen LogP contribution in [0.15, 0.2) is 12.2 Å². The van der Waals surface area contributed by atoms with Crippen LogP contribution in [0.5, 0.6) is 0 Å². The van der Waals surface area contributed by atoms with Gasteiger partial charge in [-0.25, -0.2) is 9.59 Å². The summed E-state index contributed by atoms with van der Waals surface area (Å²) in [5, 5.41) is 0. The quantitative estimate of drug-likeness (QED) is 0.464. The van der Waals surface area contributed by atoms with Gasteiger partial charge < -0.3 is 9.47 Å². The summed E-state index contributed by atoms with van der Waals surface area (Å²) in [4.78, 5) is 21.2. The molecule has 0 radical (unpaired) electrons. The van der Waals surface area contributed by atoms with E-state index in [9.17, 15) is 9.59 Å². The van der Waals surface area contributed by atoms with E-state index in [4.69, 9.17) is 0 Å². The first-order valence-electron chi connectivity index (χ1n) is 3.30. The summed E-state index contributed by atoms with van der Waals surface area (Å²) < 4.78 is 9.31. The molecule has 0 unspecified atom stereocenters. The van der Waals surface area contributed by atoms with Gasteiger partial charge in [0.25, 0.3) is 0 Å². The highest BCUT2D eigenvalue weighted by atomic mass is 16.5. The molecule has 0 saturated heterocycles. The Morgan fingerprint density at radius 2 is 1.45 bits per heavy atom.